The van der Waals surface area contributed by atoms with Crippen LogP contribution in [-0.2, 0) is 27.7 Å². The fraction of sp³-hybridized carbons (Fsp3) is 0.500. The zero-order valence-electron chi connectivity index (χ0n) is 16.8. The van der Waals surface area contributed by atoms with Crippen LogP contribution in [0.5, 0.6) is 0 Å². The van der Waals surface area contributed by atoms with Gasteiger partial charge in [-0.2, -0.15) is 4.31 Å². The van der Waals surface area contributed by atoms with Crippen LogP contribution in [-0.4, -0.2) is 31.7 Å². The first-order valence-corrected chi connectivity index (χ1v) is 12.7. The summed E-state index contributed by atoms with van der Waals surface area (Å²) in [5.74, 6) is -0.361. The minimum Gasteiger partial charge on any atom is -0.349 e. The second-order valence-electron chi connectivity index (χ2n) is 8.10. The average Bonchev–Trinajstić information content (AvgIpc) is 3.29. The van der Waals surface area contributed by atoms with Gasteiger partial charge in [0.2, 0.25) is 5.91 Å². The maximum atomic E-state index is 12.9. The predicted octanol–water partition coefficient (Wildman–Crippen LogP) is 3.91. The lowest BCUT2D eigenvalue weighted by molar-refractivity contribution is -0.126. The highest BCUT2D eigenvalue weighted by Crippen LogP contribution is 2.28. The van der Waals surface area contributed by atoms with Gasteiger partial charge < -0.3 is 5.32 Å². The summed E-state index contributed by atoms with van der Waals surface area (Å²) in [4.78, 5) is 12.9. The average molecular weight is 433 g/mol. The lowest BCUT2D eigenvalue weighted by atomic mass is 9.89. The predicted molar refractivity (Wildman–Crippen MR) is 115 cm³/mol. The van der Waals surface area contributed by atoms with Crippen LogP contribution in [0, 0.1) is 5.92 Å². The van der Waals surface area contributed by atoms with Gasteiger partial charge in [0.1, 0.15) is 4.21 Å². The second-order valence-corrected chi connectivity index (χ2v) is 11.2. The number of benzene rings is 1. The Morgan fingerprint density at radius 2 is 1.97 bits per heavy atom. The molecule has 29 heavy (non-hydrogen) atoms. The minimum absolute atomic E-state index is 0.0544. The first-order valence-electron chi connectivity index (χ1n) is 10.4. The van der Waals surface area contributed by atoms with Crippen LogP contribution in [0.1, 0.15) is 55.3 Å². The maximum absolute atomic E-state index is 12.9. The number of hydrogen-bond acceptors (Lipinski definition) is 4. The molecule has 2 atom stereocenters. The third-order valence-corrected chi connectivity index (χ3v) is 9.31. The van der Waals surface area contributed by atoms with Gasteiger partial charge in [0.25, 0.3) is 10.0 Å². The molecule has 1 aliphatic heterocycles. The fourth-order valence-corrected chi connectivity index (χ4v) is 7.02. The largest absolute Gasteiger partial charge is 0.349 e. The highest BCUT2D eigenvalue weighted by atomic mass is 32.2. The third kappa shape index (κ3) is 4.42. The van der Waals surface area contributed by atoms with Crippen molar-refractivity contribution in [2.24, 2.45) is 5.92 Å². The van der Waals surface area contributed by atoms with Gasteiger partial charge in [-0.3, -0.25) is 4.79 Å². The number of thiophene rings is 1. The molecule has 4 rings (SSSR count). The Hall–Kier alpha value is -1.70. The van der Waals surface area contributed by atoms with E-state index in [1.807, 2.05) is 6.92 Å². The standard InChI is InChI=1S/C22H28N2O3S2/c1-16(18-11-10-17-6-2-3-7-19(17)14-18)23-22(25)20-8-4-12-24(15-20)29(26,27)21-9-5-13-28-21/h5,9-11,13-14,16,20H,2-4,6-8,12,15H2,1H3,(H,23,25). The molecule has 1 fully saturated rings. The van der Waals surface area contributed by atoms with Crippen LogP contribution < -0.4 is 5.32 Å². The summed E-state index contributed by atoms with van der Waals surface area (Å²) in [6.07, 6.45) is 6.17. The summed E-state index contributed by atoms with van der Waals surface area (Å²) in [5, 5.41) is 4.89. The van der Waals surface area contributed by atoms with E-state index < -0.39 is 10.0 Å². The Morgan fingerprint density at radius 1 is 1.17 bits per heavy atom. The Bertz CT molecular complexity index is 970. The summed E-state index contributed by atoms with van der Waals surface area (Å²) in [6, 6.07) is 9.83. The monoisotopic (exact) mass is 432 g/mol. The second kappa shape index (κ2) is 8.58. The normalized spacial score (nSPS) is 21.3. The third-order valence-electron chi connectivity index (χ3n) is 6.08. The van der Waals surface area contributed by atoms with E-state index in [1.165, 1.54) is 39.6 Å². The van der Waals surface area contributed by atoms with Gasteiger partial charge in [-0.1, -0.05) is 24.3 Å². The van der Waals surface area contributed by atoms with Crippen molar-refractivity contribution < 1.29 is 13.2 Å². The highest BCUT2D eigenvalue weighted by Gasteiger charge is 2.34. The SMILES string of the molecule is CC(NC(=O)C1CCCN(S(=O)(=O)c2cccs2)C1)c1ccc2c(c1)CCCC2. The first kappa shape index (κ1) is 20.6. The van der Waals surface area contributed by atoms with Crippen LogP contribution >= 0.6 is 11.3 Å². The summed E-state index contributed by atoms with van der Waals surface area (Å²) >= 11 is 1.22. The van der Waals surface area contributed by atoms with Gasteiger partial charge in [-0.25, -0.2) is 8.42 Å². The molecule has 1 aromatic carbocycles. The van der Waals surface area contributed by atoms with Gasteiger partial charge in [0.05, 0.1) is 12.0 Å². The molecule has 2 heterocycles. The van der Waals surface area contributed by atoms with Crippen LogP contribution in [0.25, 0.3) is 0 Å². The van der Waals surface area contributed by atoms with Crippen molar-refractivity contribution in [1.29, 1.82) is 0 Å². The minimum atomic E-state index is -3.50. The van der Waals surface area contributed by atoms with Gasteiger partial charge in [-0.15, -0.1) is 11.3 Å². The van der Waals surface area contributed by atoms with E-state index in [2.05, 4.69) is 23.5 Å². The quantitative estimate of drug-likeness (QED) is 0.779. The number of sulfonamides is 1. The number of nitrogens with one attached hydrogen (secondary N) is 1. The number of piperidine rings is 1. The molecule has 5 nitrogen and oxygen atoms in total. The number of fused-ring (bicyclic) bond motifs is 1. The fourth-order valence-electron chi connectivity index (χ4n) is 4.35. The van der Waals surface area contributed by atoms with Crippen molar-refractivity contribution in [1.82, 2.24) is 9.62 Å². The molecule has 1 amide bonds. The van der Waals surface area contributed by atoms with E-state index in [1.54, 1.807) is 17.5 Å². The molecule has 156 valence electrons. The topological polar surface area (TPSA) is 66.5 Å². The molecule has 0 saturated carbocycles. The molecule has 1 saturated heterocycles. The molecular weight excluding hydrogens is 404 g/mol. The number of hydrogen-bond donors (Lipinski definition) is 1. The van der Waals surface area contributed by atoms with Crippen molar-refractivity contribution in [3.05, 3.63) is 52.4 Å². The van der Waals surface area contributed by atoms with Crippen molar-refractivity contribution in [3.8, 4) is 0 Å². The van der Waals surface area contributed by atoms with Gasteiger partial charge in [0.15, 0.2) is 0 Å². The van der Waals surface area contributed by atoms with E-state index in [9.17, 15) is 13.2 Å². The molecule has 0 spiro atoms. The zero-order valence-corrected chi connectivity index (χ0v) is 18.4. The van der Waals surface area contributed by atoms with E-state index in [0.717, 1.165) is 24.8 Å². The molecule has 1 aliphatic carbocycles. The smallest absolute Gasteiger partial charge is 0.252 e. The van der Waals surface area contributed by atoms with E-state index in [0.29, 0.717) is 17.2 Å². The molecule has 7 heteroatoms. The molecule has 1 aromatic heterocycles. The van der Waals surface area contributed by atoms with Crippen molar-refractivity contribution in [3.63, 3.8) is 0 Å². The molecule has 1 N–H and O–H groups in total. The number of carbonyl (C=O) groups is 1. The van der Waals surface area contributed by atoms with Crippen molar-refractivity contribution in [2.75, 3.05) is 13.1 Å². The Kier molecular flexibility index (Phi) is 6.08. The summed E-state index contributed by atoms with van der Waals surface area (Å²) in [6.45, 7) is 2.73. The Labute approximate surface area is 177 Å². The maximum Gasteiger partial charge on any atom is 0.252 e. The number of aryl methyl sites for hydroxylation is 2. The first-order chi connectivity index (χ1) is 13.9. The lowest BCUT2D eigenvalue weighted by Gasteiger charge is -2.31. The van der Waals surface area contributed by atoms with Gasteiger partial charge >= 0.3 is 0 Å². The summed E-state index contributed by atoms with van der Waals surface area (Å²) < 4.78 is 27.4. The van der Waals surface area contributed by atoms with E-state index >= 15 is 0 Å². The highest BCUT2D eigenvalue weighted by molar-refractivity contribution is 7.91. The summed E-state index contributed by atoms with van der Waals surface area (Å²) in [5.41, 5.74) is 3.96. The van der Waals surface area contributed by atoms with Gasteiger partial charge in [-0.05, 0) is 73.6 Å². The lowest BCUT2D eigenvalue weighted by Crippen LogP contribution is -2.45. The van der Waals surface area contributed by atoms with Crippen molar-refractivity contribution in [2.45, 2.75) is 55.7 Å². The number of nitrogens with zero attached hydrogens (tertiary/aromatic N) is 1. The molecule has 2 aliphatic rings. The Morgan fingerprint density at radius 3 is 2.72 bits per heavy atom. The molecule has 0 radical (unpaired) electrons. The molecule has 2 unspecified atom stereocenters. The molecule has 0 bridgehead atoms. The van der Waals surface area contributed by atoms with E-state index in [-0.39, 0.29) is 24.4 Å². The van der Waals surface area contributed by atoms with Crippen LogP contribution in [0.2, 0.25) is 0 Å². The summed E-state index contributed by atoms with van der Waals surface area (Å²) in [7, 11) is -3.50. The molecule has 2 aromatic rings. The number of rotatable bonds is 5. The Balaban J connectivity index is 1.41. The van der Waals surface area contributed by atoms with Crippen LogP contribution in [0.15, 0.2) is 39.9 Å². The van der Waals surface area contributed by atoms with E-state index in [4.69, 9.17) is 0 Å². The van der Waals surface area contributed by atoms with Crippen LogP contribution in [0.3, 0.4) is 0 Å². The number of carbonyl (C=O) groups excluding carboxylic acids is 1. The van der Waals surface area contributed by atoms with Crippen LogP contribution in [0.4, 0.5) is 0 Å². The number of amides is 1. The van der Waals surface area contributed by atoms with Crippen molar-refractivity contribution >= 4 is 27.3 Å². The van der Waals surface area contributed by atoms with Gasteiger partial charge in [0, 0.05) is 13.1 Å². The molecular formula is C22H28N2O3S2. The zero-order chi connectivity index (χ0) is 20.4.